The molecule has 2 aromatic heterocycles. The highest BCUT2D eigenvalue weighted by Gasteiger charge is 2.45. The number of carbonyl (C=O) groups is 1. The third kappa shape index (κ3) is 4.39. The Balaban J connectivity index is 1.06. The Bertz CT molecular complexity index is 1680. The number of pyridine rings is 1. The molecule has 40 heavy (non-hydrogen) atoms. The summed E-state index contributed by atoms with van der Waals surface area (Å²) in [5.41, 5.74) is 7.91. The van der Waals surface area contributed by atoms with Crippen molar-refractivity contribution < 1.29 is 4.79 Å². The number of hydrogen-bond donors (Lipinski definition) is 1. The van der Waals surface area contributed by atoms with Gasteiger partial charge in [0.05, 0.1) is 12.5 Å². The average molecular weight is 529 g/mol. The highest BCUT2D eigenvalue weighted by molar-refractivity contribution is 6.08. The van der Waals surface area contributed by atoms with Gasteiger partial charge in [0.2, 0.25) is 5.91 Å². The molecule has 1 aliphatic carbocycles. The van der Waals surface area contributed by atoms with Crippen LogP contribution in [0.1, 0.15) is 54.5 Å². The van der Waals surface area contributed by atoms with Crippen LogP contribution in [0.3, 0.4) is 0 Å². The Labute approximate surface area is 235 Å². The molecule has 1 saturated heterocycles. The van der Waals surface area contributed by atoms with E-state index >= 15 is 0 Å². The van der Waals surface area contributed by atoms with Crippen LogP contribution in [0.2, 0.25) is 0 Å². The van der Waals surface area contributed by atoms with Gasteiger partial charge in [0.25, 0.3) is 0 Å². The van der Waals surface area contributed by atoms with Crippen LogP contribution >= 0.6 is 0 Å². The molecular weight excluding hydrogens is 492 g/mol. The van der Waals surface area contributed by atoms with E-state index in [2.05, 4.69) is 93.4 Å². The zero-order valence-corrected chi connectivity index (χ0v) is 23.1. The molecular formula is C35H36N4O. The molecule has 202 valence electrons. The minimum atomic E-state index is 0.0791. The van der Waals surface area contributed by atoms with E-state index in [1.54, 1.807) is 12.4 Å². The highest BCUT2D eigenvalue weighted by Crippen LogP contribution is 2.50. The largest absolute Gasteiger partial charge is 0.349 e. The van der Waals surface area contributed by atoms with Crippen LogP contribution in [-0.4, -0.2) is 33.4 Å². The van der Waals surface area contributed by atoms with E-state index in [-0.39, 0.29) is 17.4 Å². The first-order chi connectivity index (χ1) is 19.6. The number of hydrogen-bond acceptors (Lipinski definition) is 3. The molecule has 2 aliphatic rings. The molecule has 7 rings (SSSR count). The Morgan fingerprint density at radius 3 is 2.48 bits per heavy atom. The van der Waals surface area contributed by atoms with E-state index < -0.39 is 0 Å². The van der Waals surface area contributed by atoms with E-state index in [4.69, 9.17) is 0 Å². The van der Waals surface area contributed by atoms with E-state index in [0.29, 0.717) is 6.42 Å². The molecule has 1 spiro atoms. The third-order valence-electron chi connectivity index (χ3n) is 9.32. The quantitative estimate of drug-likeness (QED) is 0.272. The maximum atomic E-state index is 13.0. The molecule has 0 radical (unpaired) electrons. The third-order valence-corrected chi connectivity index (χ3v) is 9.32. The number of rotatable bonds is 6. The van der Waals surface area contributed by atoms with Crippen LogP contribution in [-0.2, 0) is 29.7 Å². The smallest absolute Gasteiger partial charge is 0.224 e. The summed E-state index contributed by atoms with van der Waals surface area (Å²) >= 11 is 0. The Hall–Kier alpha value is -3.96. The number of piperidine rings is 1. The van der Waals surface area contributed by atoms with Crippen LogP contribution in [0.25, 0.3) is 21.8 Å². The summed E-state index contributed by atoms with van der Waals surface area (Å²) in [6.07, 6.45) is 7.12. The van der Waals surface area contributed by atoms with E-state index in [1.165, 1.54) is 38.5 Å². The summed E-state index contributed by atoms with van der Waals surface area (Å²) in [5.74, 6) is 0.0836. The van der Waals surface area contributed by atoms with Crippen LogP contribution in [0.5, 0.6) is 0 Å². The zero-order chi connectivity index (χ0) is 27.1. The summed E-state index contributed by atoms with van der Waals surface area (Å²) in [4.78, 5) is 19.6. The van der Waals surface area contributed by atoms with E-state index in [9.17, 15) is 4.79 Å². The maximum Gasteiger partial charge on any atom is 0.224 e. The molecule has 0 bridgehead atoms. The molecule has 5 nitrogen and oxygen atoms in total. The van der Waals surface area contributed by atoms with Crippen molar-refractivity contribution in [1.82, 2.24) is 19.8 Å². The molecule has 1 unspecified atom stereocenters. The summed E-state index contributed by atoms with van der Waals surface area (Å²) in [7, 11) is 0. The normalized spacial score (nSPS) is 18.4. The molecule has 1 aliphatic heterocycles. The van der Waals surface area contributed by atoms with Gasteiger partial charge in [-0.1, -0.05) is 48.5 Å². The van der Waals surface area contributed by atoms with Crippen LogP contribution < -0.4 is 5.32 Å². The van der Waals surface area contributed by atoms with Crippen molar-refractivity contribution in [3.05, 3.63) is 114 Å². The number of aromatic nitrogens is 2. The second-order valence-corrected chi connectivity index (χ2v) is 11.6. The molecule has 1 fully saturated rings. The van der Waals surface area contributed by atoms with Gasteiger partial charge in [-0.2, -0.15) is 0 Å². The van der Waals surface area contributed by atoms with Gasteiger partial charge in [0, 0.05) is 52.7 Å². The summed E-state index contributed by atoms with van der Waals surface area (Å²) in [6.45, 7) is 6.32. The molecule has 3 heterocycles. The van der Waals surface area contributed by atoms with Crippen LogP contribution in [0.4, 0.5) is 0 Å². The fraction of sp³-hybridized carbons (Fsp3) is 0.314. The molecule has 1 amide bonds. The first-order valence-corrected chi connectivity index (χ1v) is 14.6. The molecule has 1 N–H and O–H groups in total. The zero-order valence-electron chi connectivity index (χ0n) is 23.1. The lowest BCUT2D eigenvalue weighted by Gasteiger charge is -2.40. The fourth-order valence-corrected chi connectivity index (χ4v) is 7.37. The van der Waals surface area contributed by atoms with Crippen molar-refractivity contribution in [2.45, 2.75) is 57.2 Å². The second-order valence-electron chi connectivity index (χ2n) is 11.6. The highest BCUT2D eigenvalue weighted by atomic mass is 16.1. The topological polar surface area (TPSA) is 50.2 Å². The summed E-state index contributed by atoms with van der Waals surface area (Å²) < 4.78 is 2.42. The molecule has 5 heteroatoms. The van der Waals surface area contributed by atoms with Crippen molar-refractivity contribution >= 4 is 27.7 Å². The van der Waals surface area contributed by atoms with Crippen molar-refractivity contribution in [2.75, 3.05) is 13.1 Å². The van der Waals surface area contributed by atoms with Gasteiger partial charge in [0.1, 0.15) is 0 Å². The number of amides is 1. The number of fused-ring (bicyclic) bond motifs is 5. The molecule has 5 aromatic rings. The lowest BCUT2D eigenvalue weighted by molar-refractivity contribution is -0.121. The number of benzene rings is 3. The minimum Gasteiger partial charge on any atom is -0.349 e. The van der Waals surface area contributed by atoms with E-state index in [1.807, 2.05) is 12.1 Å². The Morgan fingerprint density at radius 1 is 0.900 bits per heavy atom. The number of likely N-dealkylation sites (tertiary alicyclic amines) is 1. The predicted molar refractivity (Wildman–Crippen MR) is 161 cm³/mol. The van der Waals surface area contributed by atoms with Crippen LogP contribution in [0.15, 0.2) is 91.3 Å². The summed E-state index contributed by atoms with van der Waals surface area (Å²) in [6, 6.07) is 28.5. The van der Waals surface area contributed by atoms with E-state index in [0.717, 1.165) is 51.0 Å². The van der Waals surface area contributed by atoms with Gasteiger partial charge < -0.3 is 9.88 Å². The van der Waals surface area contributed by atoms with Crippen molar-refractivity contribution in [1.29, 1.82) is 0 Å². The SMILES string of the molecule is CCn1c2ccccc2c2cc(CN3CCC4(CC3)CC(NC(=O)Cc3ccncc3)c3ccccc34)ccc21. The van der Waals surface area contributed by atoms with Gasteiger partial charge in [-0.3, -0.25) is 14.7 Å². The lowest BCUT2D eigenvalue weighted by atomic mass is 9.73. The van der Waals surface area contributed by atoms with Gasteiger partial charge in [-0.05, 0) is 91.9 Å². The van der Waals surface area contributed by atoms with Gasteiger partial charge in [0.15, 0.2) is 0 Å². The summed E-state index contributed by atoms with van der Waals surface area (Å²) in [5, 5.41) is 6.08. The van der Waals surface area contributed by atoms with Crippen molar-refractivity contribution in [3.8, 4) is 0 Å². The van der Waals surface area contributed by atoms with Gasteiger partial charge in [-0.25, -0.2) is 0 Å². The monoisotopic (exact) mass is 528 g/mol. The maximum absolute atomic E-state index is 13.0. The van der Waals surface area contributed by atoms with Crippen molar-refractivity contribution in [2.24, 2.45) is 0 Å². The number of nitrogens with one attached hydrogen (secondary N) is 1. The van der Waals surface area contributed by atoms with Gasteiger partial charge >= 0.3 is 0 Å². The number of aryl methyl sites for hydroxylation is 1. The molecule has 0 saturated carbocycles. The Kier molecular flexibility index (Phi) is 6.39. The standard InChI is InChI=1S/C35H36N4O/c1-2-39-32-10-6-4-7-27(32)29-21-26(11-12-33(29)39)24-38-19-15-35(16-20-38)23-31(28-8-3-5-9-30(28)35)37-34(40)22-25-13-17-36-18-14-25/h3-14,17-18,21,31H,2,15-16,19-20,22-24H2,1H3,(H,37,40). The number of carbonyl (C=O) groups excluding carboxylic acids is 1. The van der Waals surface area contributed by atoms with Gasteiger partial charge in [-0.15, -0.1) is 0 Å². The molecule has 3 aromatic carbocycles. The average Bonchev–Trinajstić information content (AvgIpc) is 3.47. The number of nitrogens with zero attached hydrogens (tertiary/aromatic N) is 3. The predicted octanol–water partition coefficient (Wildman–Crippen LogP) is 6.55. The Morgan fingerprint density at radius 2 is 1.65 bits per heavy atom. The van der Waals surface area contributed by atoms with Crippen molar-refractivity contribution in [3.63, 3.8) is 0 Å². The first-order valence-electron chi connectivity index (χ1n) is 14.6. The van der Waals surface area contributed by atoms with Crippen LogP contribution in [0, 0.1) is 0 Å². The lowest BCUT2D eigenvalue weighted by Crippen LogP contribution is -2.41. The minimum absolute atomic E-state index is 0.0791. The second kappa shape index (κ2) is 10.2. The number of para-hydroxylation sites is 1. The molecule has 1 atom stereocenters. The fourth-order valence-electron chi connectivity index (χ4n) is 7.37. The first kappa shape index (κ1) is 25.0.